The fourth-order valence-corrected chi connectivity index (χ4v) is 5.24. The highest BCUT2D eigenvalue weighted by Crippen LogP contribution is 2.25. The minimum Gasteiger partial charge on any atom is -0.357 e. The summed E-state index contributed by atoms with van der Waals surface area (Å²) >= 11 is 12.3. The van der Waals surface area contributed by atoms with E-state index in [1.807, 2.05) is 49.4 Å². The Morgan fingerprint density at radius 3 is 2.08 bits per heavy atom. The molecule has 0 unspecified atom stereocenters. The lowest BCUT2D eigenvalue weighted by Gasteiger charge is -2.33. The highest BCUT2D eigenvalue weighted by atomic mass is 35.5. The van der Waals surface area contributed by atoms with Crippen molar-refractivity contribution in [2.75, 3.05) is 24.2 Å². The average Bonchev–Trinajstić information content (AvgIpc) is 2.90. The number of sulfonamides is 1. The number of aryl methyl sites for hydroxylation is 1. The van der Waals surface area contributed by atoms with E-state index in [0.717, 1.165) is 28.1 Å². The number of hydrogen-bond acceptors (Lipinski definition) is 4. The molecule has 0 aliphatic heterocycles. The van der Waals surface area contributed by atoms with Crippen LogP contribution >= 0.6 is 23.2 Å². The van der Waals surface area contributed by atoms with E-state index in [4.69, 9.17) is 23.2 Å². The van der Waals surface area contributed by atoms with Crippen molar-refractivity contribution in [1.29, 1.82) is 0 Å². The standard InChI is InChI=1S/C28H31Cl2N3O4S/c1-4-20-10-13-23(14-11-20)33(38(3,36)37)19-27(34)32(18-22-12-15-24(29)25(30)16-22)26(28(35)31-2)17-21-8-6-5-7-9-21/h5-16,26H,4,17-19H2,1-3H3,(H,31,35)/t26-/m1/s1. The van der Waals surface area contributed by atoms with Crippen LogP contribution in [0.15, 0.2) is 72.8 Å². The van der Waals surface area contributed by atoms with E-state index in [1.54, 1.807) is 30.3 Å². The summed E-state index contributed by atoms with van der Waals surface area (Å²) in [6.07, 6.45) is 2.08. The molecule has 0 aliphatic rings. The van der Waals surface area contributed by atoms with E-state index < -0.39 is 28.5 Å². The number of likely N-dealkylation sites (N-methyl/N-ethyl adjacent to an activating group) is 1. The average molecular weight is 577 g/mol. The van der Waals surface area contributed by atoms with Crippen molar-refractivity contribution < 1.29 is 18.0 Å². The third-order valence-corrected chi connectivity index (χ3v) is 8.05. The van der Waals surface area contributed by atoms with Crippen molar-refractivity contribution in [3.05, 3.63) is 99.5 Å². The molecule has 3 rings (SSSR count). The predicted molar refractivity (Wildman–Crippen MR) is 153 cm³/mol. The van der Waals surface area contributed by atoms with Gasteiger partial charge in [-0.1, -0.05) is 78.7 Å². The molecule has 3 aromatic carbocycles. The molecule has 3 aromatic rings. The van der Waals surface area contributed by atoms with Crippen molar-refractivity contribution in [1.82, 2.24) is 10.2 Å². The lowest BCUT2D eigenvalue weighted by atomic mass is 10.0. The smallest absolute Gasteiger partial charge is 0.244 e. The molecule has 0 saturated heterocycles. The summed E-state index contributed by atoms with van der Waals surface area (Å²) in [5.74, 6) is -0.911. The number of amides is 2. The van der Waals surface area contributed by atoms with Crippen LogP contribution in [0.25, 0.3) is 0 Å². The number of anilines is 1. The Labute approximate surface area is 234 Å². The molecule has 0 aromatic heterocycles. The van der Waals surface area contributed by atoms with Crippen molar-refractivity contribution in [3.63, 3.8) is 0 Å². The number of nitrogens with one attached hydrogen (secondary N) is 1. The van der Waals surface area contributed by atoms with Gasteiger partial charge in [0.1, 0.15) is 12.6 Å². The third-order valence-electron chi connectivity index (χ3n) is 6.17. The zero-order valence-electron chi connectivity index (χ0n) is 21.5. The van der Waals surface area contributed by atoms with Gasteiger partial charge in [0.05, 0.1) is 22.0 Å². The summed E-state index contributed by atoms with van der Waals surface area (Å²) in [7, 11) is -2.31. The first kappa shape index (κ1) is 29.5. The molecular weight excluding hydrogens is 545 g/mol. The Bertz CT molecular complexity index is 1370. The van der Waals surface area contributed by atoms with Crippen molar-refractivity contribution in [3.8, 4) is 0 Å². The highest BCUT2D eigenvalue weighted by molar-refractivity contribution is 7.92. The van der Waals surface area contributed by atoms with E-state index in [9.17, 15) is 18.0 Å². The summed E-state index contributed by atoms with van der Waals surface area (Å²) in [4.78, 5) is 28.4. The Morgan fingerprint density at radius 2 is 1.53 bits per heavy atom. The zero-order chi connectivity index (χ0) is 27.9. The molecule has 2 amide bonds. The number of benzene rings is 3. The molecule has 0 radical (unpaired) electrons. The molecular formula is C28H31Cl2N3O4S. The van der Waals surface area contributed by atoms with Gasteiger partial charge in [-0.15, -0.1) is 0 Å². The SMILES string of the molecule is CCc1ccc(N(CC(=O)N(Cc2ccc(Cl)c(Cl)c2)[C@H](Cc2ccccc2)C(=O)NC)S(C)(=O)=O)cc1. The molecule has 0 fully saturated rings. The van der Waals surface area contributed by atoms with E-state index in [2.05, 4.69) is 5.32 Å². The normalized spacial score (nSPS) is 12.0. The van der Waals surface area contributed by atoms with E-state index in [1.165, 1.54) is 11.9 Å². The maximum atomic E-state index is 13.9. The van der Waals surface area contributed by atoms with Crippen LogP contribution in [0.1, 0.15) is 23.6 Å². The van der Waals surface area contributed by atoms with Crippen molar-refractivity contribution in [2.24, 2.45) is 0 Å². The number of carbonyl (C=O) groups excluding carboxylic acids is 2. The topological polar surface area (TPSA) is 86.8 Å². The Morgan fingerprint density at radius 1 is 0.895 bits per heavy atom. The quantitative estimate of drug-likeness (QED) is 0.359. The molecule has 7 nitrogen and oxygen atoms in total. The molecule has 38 heavy (non-hydrogen) atoms. The van der Waals surface area contributed by atoms with Crippen LogP contribution in [0.2, 0.25) is 10.0 Å². The molecule has 1 N–H and O–H groups in total. The van der Waals surface area contributed by atoms with Gasteiger partial charge in [0, 0.05) is 20.0 Å². The van der Waals surface area contributed by atoms with E-state index in [-0.39, 0.29) is 18.9 Å². The van der Waals surface area contributed by atoms with Crippen LogP contribution in [-0.2, 0) is 39.0 Å². The fourth-order valence-electron chi connectivity index (χ4n) is 4.07. The van der Waals surface area contributed by atoms with Gasteiger partial charge in [-0.3, -0.25) is 13.9 Å². The number of halogens is 2. The largest absolute Gasteiger partial charge is 0.357 e. The fraction of sp³-hybridized carbons (Fsp3) is 0.286. The van der Waals surface area contributed by atoms with E-state index in [0.29, 0.717) is 21.3 Å². The van der Waals surface area contributed by atoms with Gasteiger partial charge < -0.3 is 10.2 Å². The summed E-state index contributed by atoms with van der Waals surface area (Å²) in [5, 5.41) is 3.31. The summed E-state index contributed by atoms with van der Waals surface area (Å²) in [5.41, 5.74) is 2.90. The first-order valence-electron chi connectivity index (χ1n) is 12.1. The van der Waals surface area contributed by atoms with Gasteiger partial charge in [0.2, 0.25) is 21.8 Å². The van der Waals surface area contributed by atoms with Gasteiger partial charge in [-0.2, -0.15) is 0 Å². The van der Waals surface area contributed by atoms with Crippen LogP contribution in [0.5, 0.6) is 0 Å². The van der Waals surface area contributed by atoms with Crippen LogP contribution in [0.3, 0.4) is 0 Å². The molecule has 0 saturated carbocycles. The zero-order valence-corrected chi connectivity index (χ0v) is 23.9. The second-order valence-corrected chi connectivity index (χ2v) is 11.6. The molecule has 0 heterocycles. The van der Waals surface area contributed by atoms with Crippen LogP contribution in [0.4, 0.5) is 5.69 Å². The highest BCUT2D eigenvalue weighted by Gasteiger charge is 2.32. The number of nitrogens with zero attached hydrogens (tertiary/aromatic N) is 2. The van der Waals surface area contributed by atoms with Gasteiger partial charge in [-0.25, -0.2) is 8.42 Å². The second-order valence-electron chi connectivity index (χ2n) is 8.88. The Hall–Kier alpha value is -3.07. The lowest BCUT2D eigenvalue weighted by Crippen LogP contribution is -2.52. The lowest BCUT2D eigenvalue weighted by molar-refractivity contribution is -0.139. The number of rotatable bonds is 11. The van der Waals surface area contributed by atoms with Crippen molar-refractivity contribution >= 4 is 50.7 Å². The molecule has 1 atom stereocenters. The summed E-state index contributed by atoms with van der Waals surface area (Å²) < 4.78 is 26.6. The van der Waals surface area contributed by atoms with Crippen LogP contribution in [0, 0.1) is 0 Å². The summed E-state index contributed by atoms with van der Waals surface area (Å²) in [6, 6.07) is 20.4. The maximum Gasteiger partial charge on any atom is 0.244 e. The number of hydrogen-bond donors (Lipinski definition) is 1. The first-order valence-corrected chi connectivity index (χ1v) is 14.7. The molecule has 0 aliphatic carbocycles. The molecule has 10 heteroatoms. The van der Waals surface area contributed by atoms with E-state index >= 15 is 0 Å². The van der Waals surface area contributed by atoms with Crippen LogP contribution in [-0.4, -0.2) is 51.0 Å². The first-order chi connectivity index (χ1) is 18.0. The van der Waals surface area contributed by atoms with Gasteiger partial charge in [0.25, 0.3) is 0 Å². The summed E-state index contributed by atoms with van der Waals surface area (Å²) in [6.45, 7) is 1.54. The van der Waals surface area contributed by atoms with Gasteiger partial charge >= 0.3 is 0 Å². The minimum atomic E-state index is -3.81. The Balaban J connectivity index is 2.03. The second kappa shape index (κ2) is 13.1. The maximum absolute atomic E-state index is 13.9. The molecule has 202 valence electrons. The number of carbonyl (C=O) groups is 2. The van der Waals surface area contributed by atoms with Gasteiger partial charge in [-0.05, 0) is 47.4 Å². The minimum absolute atomic E-state index is 0.0209. The van der Waals surface area contributed by atoms with Gasteiger partial charge in [0.15, 0.2) is 0 Å². The van der Waals surface area contributed by atoms with Crippen molar-refractivity contribution in [2.45, 2.75) is 32.4 Å². The molecule has 0 bridgehead atoms. The molecule has 0 spiro atoms. The third kappa shape index (κ3) is 7.72. The predicted octanol–water partition coefficient (Wildman–Crippen LogP) is 4.71. The van der Waals surface area contributed by atoms with Crippen LogP contribution < -0.4 is 9.62 Å². The monoisotopic (exact) mass is 575 g/mol. The Kier molecular flexibility index (Phi) is 10.2.